The topological polar surface area (TPSA) is 71.0 Å². The van der Waals surface area contributed by atoms with Crippen molar-refractivity contribution in [3.05, 3.63) is 16.3 Å². The number of aromatic nitrogens is 3. The summed E-state index contributed by atoms with van der Waals surface area (Å²) in [5, 5.41) is 6.19. The highest BCUT2D eigenvalue weighted by Gasteiger charge is 2.36. The molecule has 0 spiro atoms. The first kappa shape index (κ1) is 10.5. The van der Waals surface area contributed by atoms with Gasteiger partial charge < -0.3 is 4.90 Å². The Bertz CT molecular complexity index is 509. The third kappa shape index (κ3) is 1.57. The smallest absolute Gasteiger partial charge is 0.338 e. The van der Waals surface area contributed by atoms with E-state index in [-0.39, 0.29) is 18.1 Å². The molecule has 0 aromatic carbocycles. The highest BCUT2D eigenvalue weighted by atomic mass is 19.1. The van der Waals surface area contributed by atoms with E-state index in [1.54, 1.807) is 0 Å². The zero-order valence-electron chi connectivity index (χ0n) is 9.23. The van der Waals surface area contributed by atoms with Gasteiger partial charge in [0, 0.05) is 13.0 Å². The van der Waals surface area contributed by atoms with Gasteiger partial charge in [0.1, 0.15) is 18.0 Å². The lowest BCUT2D eigenvalue weighted by Crippen LogP contribution is -2.37. The van der Waals surface area contributed by atoms with Gasteiger partial charge in [-0.3, -0.25) is 9.36 Å². The fourth-order valence-electron chi connectivity index (χ4n) is 2.59. The van der Waals surface area contributed by atoms with Gasteiger partial charge in [-0.2, -0.15) is 5.10 Å². The van der Waals surface area contributed by atoms with Crippen LogP contribution in [-0.2, 0) is 11.2 Å². The summed E-state index contributed by atoms with van der Waals surface area (Å²) >= 11 is 0. The molecule has 2 aliphatic rings. The second kappa shape index (κ2) is 3.68. The van der Waals surface area contributed by atoms with Crippen molar-refractivity contribution in [1.82, 2.24) is 19.7 Å². The maximum atomic E-state index is 13.1. The van der Waals surface area contributed by atoms with E-state index < -0.39 is 12.2 Å². The lowest BCUT2D eigenvalue weighted by molar-refractivity contribution is -0.133. The number of hydrogen-bond donors (Lipinski definition) is 1. The van der Waals surface area contributed by atoms with Gasteiger partial charge in [-0.15, -0.1) is 0 Å². The summed E-state index contributed by atoms with van der Waals surface area (Å²) in [6.45, 7) is 0.593. The molecule has 0 radical (unpaired) electrons. The van der Waals surface area contributed by atoms with Crippen LogP contribution >= 0.6 is 0 Å². The third-order valence-electron chi connectivity index (χ3n) is 3.46. The van der Waals surface area contributed by atoms with Crippen LogP contribution in [0.5, 0.6) is 0 Å². The highest BCUT2D eigenvalue weighted by molar-refractivity contribution is 5.81. The Morgan fingerprint density at radius 1 is 1.47 bits per heavy atom. The number of halogens is 1. The van der Waals surface area contributed by atoms with Gasteiger partial charge >= 0.3 is 5.69 Å². The van der Waals surface area contributed by atoms with Crippen LogP contribution in [0.2, 0.25) is 0 Å². The Labute approximate surface area is 96.4 Å². The molecule has 0 saturated carbocycles. The molecular formula is C10H13FN4O2. The molecular weight excluding hydrogens is 227 g/mol. The van der Waals surface area contributed by atoms with Gasteiger partial charge in [-0.1, -0.05) is 0 Å². The summed E-state index contributed by atoms with van der Waals surface area (Å²) in [5.41, 5.74) is -0.355. The largest absolute Gasteiger partial charge is 0.344 e. The van der Waals surface area contributed by atoms with Crippen molar-refractivity contribution in [3.63, 3.8) is 0 Å². The number of likely N-dealkylation sites (tertiary alicyclic amines) is 1. The zero-order valence-corrected chi connectivity index (χ0v) is 9.23. The predicted molar refractivity (Wildman–Crippen MR) is 56.3 cm³/mol. The molecule has 3 rings (SSSR count). The highest BCUT2D eigenvalue weighted by Crippen LogP contribution is 2.26. The third-order valence-corrected chi connectivity index (χ3v) is 3.46. The molecule has 0 bridgehead atoms. The number of aromatic amines is 1. The van der Waals surface area contributed by atoms with Crippen molar-refractivity contribution in [2.75, 3.05) is 13.1 Å². The Hall–Kier alpha value is -1.66. The molecule has 0 aliphatic carbocycles. The van der Waals surface area contributed by atoms with Crippen molar-refractivity contribution in [3.8, 4) is 0 Å². The van der Waals surface area contributed by atoms with E-state index in [9.17, 15) is 14.0 Å². The minimum Gasteiger partial charge on any atom is -0.338 e. The van der Waals surface area contributed by atoms with Crippen molar-refractivity contribution < 1.29 is 9.18 Å². The normalized spacial score (nSPS) is 27.5. The second-order valence-electron chi connectivity index (χ2n) is 4.54. The molecule has 1 amide bonds. The number of carbonyl (C=O) groups is 1. The monoisotopic (exact) mass is 240 g/mol. The maximum absolute atomic E-state index is 13.1. The number of H-pyrrole nitrogens is 1. The fourth-order valence-corrected chi connectivity index (χ4v) is 2.59. The molecule has 1 N–H and O–H groups in total. The maximum Gasteiger partial charge on any atom is 0.344 e. The average molecular weight is 240 g/mol. The van der Waals surface area contributed by atoms with E-state index in [4.69, 9.17) is 0 Å². The van der Waals surface area contributed by atoms with Gasteiger partial charge in [0.15, 0.2) is 0 Å². The predicted octanol–water partition coefficient (Wildman–Crippen LogP) is -0.371. The van der Waals surface area contributed by atoms with E-state index in [0.29, 0.717) is 31.6 Å². The number of fused-ring (bicyclic) bond motifs is 1. The summed E-state index contributed by atoms with van der Waals surface area (Å²) in [6.07, 6.45) is 0.660. The van der Waals surface area contributed by atoms with Gasteiger partial charge in [0.2, 0.25) is 5.91 Å². The van der Waals surface area contributed by atoms with Gasteiger partial charge in [-0.25, -0.2) is 14.3 Å². The molecule has 2 atom stereocenters. The van der Waals surface area contributed by atoms with Crippen LogP contribution in [0.25, 0.3) is 0 Å². The van der Waals surface area contributed by atoms with Gasteiger partial charge in [0.25, 0.3) is 0 Å². The standard InChI is InChI=1S/C10H13FN4O2/c11-6-3-4-14(5-6)9(16)7-1-2-8-12-13-10(17)15(7)8/h6-7H,1-5H2,(H,13,17)/t6-,7?/m0/s1. The molecule has 7 heteroatoms. The molecule has 1 fully saturated rings. The average Bonchev–Trinajstić information content (AvgIpc) is 2.96. The molecule has 17 heavy (non-hydrogen) atoms. The van der Waals surface area contributed by atoms with Gasteiger partial charge in [-0.05, 0) is 12.8 Å². The van der Waals surface area contributed by atoms with Crippen LogP contribution in [0, 0.1) is 0 Å². The first-order valence-electron chi connectivity index (χ1n) is 5.75. The van der Waals surface area contributed by atoms with Crippen LogP contribution in [0.4, 0.5) is 4.39 Å². The number of hydrogen-bond acceptors (Lipinski definition) is 3. The van der Waals surface area contributed by atoms with Crippen LogP contribution in [-0.4, -0.2) is 44.8 Å². The zero-order chi connectivity index (χ0) is 12.0. The summed E-state index contributed by atoms with van der Waals surface area (Å²) in [7, 11) is 0. The SMILES string of the molecule is O=C(C1CCc2n[nH]c(=O)n21)N1CC[C@H](F)C1. The van der Waals surface area contributed by atoms with E-state index in [1.165, 1.54) is 9.47 Å². The van der Waals surface area contributed by atoms with Gasteiger partial charge in [0.05, 0.1) is 6.54 Å². The molecule has 92 valence electrons. The fraction of sp³-hybridized carbons (Fsp3) is 0.700. The molecule has 2 aliphatic heterocycles. The molecule has 3 heterocycles. The number of alkyl halides is 1. The number of aryl methyl sites for hydroxylation is 1. The van der Waals surface area contributed by atoms with E-state index in [0.717, 1.165) is 0 Å². The number of rotatable bonds is 1. The first-order chi connectivity index (χ1) is 8.16. The van der Waals surface area contributed by atoms with E-state index in [2.05, 4.69) is 10.2 Å². The second-order valence-corrected chi connectivity index (χ2v) is 4.54. The molecule has 1 aromatic rings. The Kier molecular flexibility index (Phi) is 2.27. The summed E-state index contributed by atoms with van der Waals surface area (Å²) in [4.78, 5) is 25.2. The van der Waals surface area contributed by atoms with Crippen molar-refractivity contribution in [1.29, 1.82) is 0 Å². The van der Waals surface area contributed by atoms with Crippen LogP contribution in [0.15, 0.2) is 4.79 Å². The quantitative estimate of drug-likeness (QED) is 0.728. The minimum absolute atomic E-state index is 0.150. The number of nitrogens with zero attached hydrogens (tertiary/aromatic N) is 3. The van der Waals surface area contributed by atoms with Crippen molar-refractivity contribution >= 4 is 5.91 Å². The molecule has 1 aromatic heterocycles. The van der Waals surface area contributed by atoms with Crippen LogP contribution in [0.3, 0.4) is 0 Å². The number of carbonyl (C=O) groups excluding carboxylic acids is 1. The van der Waals surface area contributed by atoms with Crippen LogP contribution < -0.4 is 5.69 Å². The number of amides is 1. The summed E-state index contributed by atoms with van der Waals surface area (Å²) < 4.78 is 14.5. The van der Waals surface area contributed by atoms with E-state index >= 15 is 0 Å². The Morgan fingerprint density at radius 2 is 2.29 bits per heavy atom. The molecule has 1 saturated heterocycles. The lowest BCUT2D eigenvalue weighted by atomic mass is 10.2. The summed E-state index contributed by atoms with van der Waals surface area (Å²) in [6, 6.07) is -0.499. The molecule has 6 nitrogen and oxygen atoms in total. The number of nitrogens with one attached hydrogen (secondary N) is 1. The summed E-state index contributed by atoms with van der Waals surface area (Å²) in [5.74, 6) is 0.455. The molecule has 1 unspecified atom stereocenters. The first-order valence-corrected chi connectivity index (χ1v) is 5.75. The minimum atomic E-state index is -0.930. The van der Waals surface area contributed by atoms with Crippen molar-refractivity contribution in [2.24, 2.45) is 0 Å². The Balaban J connectivity index is 1.84. The van der Waals surface area contributed by atoms with E-state index in [1.807, 2.05) is 0 Å². The van der Waals surface area contributed by atoms with Crippen LogP contribution in [0.1, 0.15) is 24.7 Å². The Morgan fingerprint density at radius 3 is 3.00 bits per heavy atom. The lowest BCUT2D eigenvalue weighted by Gasteiger charge is -2.20. The van der Waals surface area contributed by atoms with Crippen molar-refractivity contribution in [2.45, 2.75) is 31.5 Å².